The molecule has 0 aliphatic rings. The maximum Gasteiger partial charge on any atom is 0.341 e. The average molecular weight is 364 g/mol. The molecule has 0 spiro atoms. The predicted octanol–water partition coefficient (Wildman–Crippen LogP) is 2.69. The van der Waals surface area contributed by atoms with Crippen LogP contribution >= 0.6 is 11.3 Å². The normalized spacial score (nSPS) is 10.8. The molecule has 0 atom stereocenters. The van der Waals surface area contributed by atoms with E-state index in [1.165, 1.54) is 0 Å². The van der Waals surface area contributed by atoms with Crippen molar-refractivity contribution in [2.24, 2.45) is 0 Å². The predicted molar refractivity (Wildman–Crippen MR) is 97.8 cm³/mol. The summed E-state index contributed by atoms with van der Waals surface area (Å²) in [6.07, 6.45) is 0. The number of ether oxygens (including phenoxy) is 2. The fourth-order valence-corrected chi connectivity index (χ4v) is 3.81. The first kappa shape index (κ1) is 19.2. The van der Waals surface area contributed by atoms with Gasteiger partial charge >= 0.3 is 5.97 Å². The number of aryl methyl sites for hydroxylation is 3. The van der Waals surface area contributed by atoms with E-state index in [1.807, 2.05) is 44.4 Å². The maximum atomic E-state index is 12.6. The summed E-state index contributed by atoms with van der Waals surface area (Å²) in [5.74, 6) is -0.823. The van der Waals surface area contributed by atoms with Crippen molar-refractivity contribution in [1.29, 1.82) is 0 Å². The third kappa shape index (κ3) is 4.29. The Hall–Kier alpha value is -2.12. The molecule has 1 N–H and O–H groups in total. The van der Waals surface area contributed by atoms with Gasteiger partial charge in [-0.1, -0.05) is 0 Å². The van der Waals surface area contributed by atoms with Gasteiger partial charge < -0.3 is 19.4 Å². The molecule has 0 aromatic carbocycles. The highest BCUT2D eigenvalue weighted by molar-refractivity contribution is 7.15. The zero-order chi connectivity index (χ0) is 18.6. The van der Waals surface area contributed by atoms with Crippen molar-refractivity contribution in [2.45, 2.75) is 27.7 Å². The molecule has 25 heavy (non-hydrogen) atoms. The minimum absolute atomic E-state index is 0.306. The van der Waals surface area contributed by atoms with Crippen LogP contribution in [-0.2, 0) is 14.3 Å². The SMILES string of the molecule is COCCNC(=O)COC(=O)c1c(-n2c(C)ccc2C)sc(C)c1C. The Balaban J connectivity index is 2.19. The van der Waals surface area contributed by atoms with Crippen molar-refractivity contribution in [1.82, 2.24) is 9.88 Å². The summed E-state index contributed by atoms with van der Waals surface area (Å²) in [6.45, 7) is 8.37. The molecule has 7 heteroatoms. The average Bonchev–Trinajstić information content (AvgIpc) is 3.04. The molecule has 0 aliphatic carbocycles. The van der Waals surface area contributed by atoms with Crippen molar-refractivity contribution in [3.63, 3.8) is 0 Å². The van der Waals surface area contributed by atoms with E-state index in [4.69, 9.17) is 9.47 Å². The molecule has 2 aromatic rings. The molecular formula is C18H24N2O4S. The van der Waals surface area contributed by atoms with E-state index in [0.29, 0.717) is 18.7 Å². The first-order valence-electron chi connectivity index (χ1n) is 8.04. The molecule has 0 unspecified atom stereocenters. The van der Waals surface area contributed by atoms with E-state index < -0.39 is 5.97 Å². The van der Waals surface area contributed by atoms with Crippen LogP contribution in [0.3, 0.4) is 0 Å². The number of nitrogens with one attached hydrogen (secondary N) is 1. The van der Waals surface area contributed by atoms with Crippen molar-refractivity contribution in [2.75, 3.05) is 26.9 Å². The number of nitrogens with zero attached hydrogens (tertiary/aromatic N) is 1. The number of carbonyl (C=O) groups excluding carboxylic acids is 2. The number of carbonyl (C=O) groups is 2. The fraction of sp³-hybridized carbons (Fsp3) is 0.444. The highest BCUT2D eigenvalue weighted by Gasteiger charge is 2.24. The van der Waals surface area contributed by atoms with E-state index in [-0.39, 0.29) is 12.5 Å². The van der Waals surface area contributed by atoms with Gasteiger partial charge in [-0.15, -0.1) is 11.3 Å². The monoisotopic (exact) mass is 364 g/mol. The van der Waals surface area contributed by atoms with Crippen LogP contribution in [0.15, 0.2) is 12.1 Å². The van der Waals surface area contributed by atoms with Crippen LogP contribution in [0.2, 0.25) is 0 Å². The smallest absolute Gasteiger partial charge is 0.341 e. The number of methoxy groups -OCH3 is 1. The van der Waals surface area contributed by atoms with Gasteiger partial charge in [0.25, 0.3) is 5.91 Å². The second-order valence-corrected chi connectivity index (χ2v) is 7.04. The summed E-state index contributed by atoms with van der Waals surface area (Å²) in [4.78, 5) is 25.4. The maximum absolute atomic E-state index is 12.6. The molecule has 136 valence electrons. The Morgan fingerprint density at radius 3 is 2.40 bits per heavy atom. The molecule has 6 nitrogen and oxygen atoms in total. The number of hydrogen-bond acceptors (Lipinski definition) is 5. The summed E-state index contributed by atoms with van der Waals surface area (Å²) < 4.78 is 12.1. The van der Waals surface area contributed by atoms with Gasteiger partial charge in [-0.25, -0.2) is 4.79 Å². The molecule has 2 rings (SSSR count). The van der Waals surface area contributed by atoms with E-state index in [0.717, 1.165) is 26.8 Å². The Kier molecular flexibility index (Phi) is 6.39. The van der Waals surface area contributed by atoms with Gasteiger partial charge in [-0.2, -0.15) is 0 Å². The Morgan fingerprint density at radius 1 is 1.16 bits per heavy atom. The fourth-order valence-electron chi connectivity index (χ4n) is 2.54. The Morgan fingerprint density at radius 2 is 1.80 bits per heavy atom. The number of hydrogen-bond donors (Lipinski definition) is 1. The lowest BCUT2D eigenvalue weighted by atomic mass is 10.1. The van der Waals surface area contributed by atoms with Gasteiger partial charge in [-0.3, -0.25) is 4.79 Å². The van der Waals surface area contributed by atoms with E-state index >= 15 is 0 Å². The van der Waals surface area contributed by atoms with Gasteiger partial charge in [0.1, 0.15) is 5.00 Å². The summed E-state index contributed by atoms with van der Waals surface area (Å²) >= 11 is 1.55. The zero-order valence-electron chi connectivity index (χ0n) is 15.3. The molecule has 0 fully saturated rings. The van der Waals surface area contributed by atoms with Gasteiger partial charge in [0.05, 0.1) is 12.2 Å². The summed E-state index contributed by atoms with van der Waals surface area (Å²) in [7, 11) is 1.56. The number of aromatic nitrogens is 1. The van der Waals surface area contributed by atoms with Gasteiger partial charge in [0, 0.05) is 29.9 Å². The highest BCUT2D eigenvalue weighted by Crippen LogP contribution is 2.33. The van der Waals surface area contributed by atoms with Crippen LogP contribution < -0.4 is 5.32 Å². The third-order valence-corrected chi connectivity index (χ3v) is 5.20. The molecule has 0 bridgehead atoms. The minimum atomic E-state index is -0.480. The van der Waals surface area contributed by atoms with Crippen LogP contribution in [0.25, 0.3) is 5.00 Å². The van der Waals surface area contributed by atoms with Gasteiger partial charge in [0.15, 0.2) is 6.61 Å². The lowest BCUT2D eigenvalue weighted by molar-refractivity contribution is -0.124. The molecule has 0 saturated heterocycles. The van der Waals surface area contributed by atoms with Crippen LogP contribution in [0, 0.1) is 27.7 Å². The summed E-state index contributed by atoms with van der Waals surface area (Å²) in [5, 5.41) is 3.46. The quantitative estimate of drug-likeness (QED) is 0.606. The van der Waals surface area contributed by atoms with Crippen molar-refractivity contribution in [3.05, 3.63) is 39.5 Å². The lowest BCUT2D eigenvalue weighted by Gasteiger charge is -2.11. The van der Waals surface area contributed by atoms with E-state index in [2.05, 4.69) is 5.32 Å². The molecule has 2 aromatic heterocycles. The van der Waals surface area contributed by atoms with Crippen molar-refractivity contribution >= 4 is 23.2 Å². The second-order valence-electron chi connectivity index (χ2n) is 5.83. The first-order valence-corrected chi connectivity index (χ1v) is 8.86. The molecule has 0 saturated carbocycles. The summed E-state index contributed by atoms with van der Waals surface area (Å²) in [6, 6.07) is 4.02. The molecular weight excluding hydrogens is 340 g/mol. The second kappa shape index (κ2) is 8.31. The number of esters is 1. The lowest BCUT2D eigenvalue weighted by Crippen LogP contribution is -2.31. The largest absolute Gasteiger partial charge is 0.452 e. The number of rotatable bonds is 7. The summed E-state index contributed by atoms with van der Waals surface area (Å²) in [5.41, 5.74) is 3.50. The molecule has 1 amide bonds. The van der Waals surface area contributed by atoms with Crippen LogP contribution in [0.5, 0.6) is 0 Å². The van der Waals surface area contributed by atoms with Crippen molar-refractivity contribution in [3.8, 4) is 5.00 Å². The van der Waals surface area contributed by atoms with Crippen LogP contribution in [0.4, 0.5) is 0 Å². The van der Waals surface area contributed by atoms with Crippen molar-refractivity contribution < 1.29 is 19.1 Å². The zero-order valence-corrected chi connectivity index (χ0v) is 16.1. The molecule has 0 radical (unpaired) electrons. The third-order valence-electron chi connectivity index (χ3n) is 4.01. The van der Waals surface area contributed by atoms with E-state index in [1.54, 1.807) is 18.4 Å². The number of amides is 1. The van der Waals surface area contributed by atoms with E-state index in [9.17, 15) is 9.59 Å². The topological polar surface area (TPSA) is 69.6 Å². The Labute approximate surface area is 151 Å². The standard InChI is InChI=1S/C18H24N2O4S/c1-11-6-7-12(2)20(11)17-16(13(3)14(4)25-17)18(22)24-10-15(21)19-8-9-23-5/h6-7H,8-10H2,1-5H3,(H,19,21). The minimum Gasteiger partial charge on any atom is -0.452 e. The Bertz CT molecular complexity index is 757. The first-order chi connectivity index (χ1) is 11.9. The number of thiophene rings is 1. The molecule has 2 heterocycles. The van der Waals surface area contributed by atoms with Crippen LogP contribution in [-0.4, -0.2) is 43.3 Å². The van der Waals surface area contributed by atoms with Crippen LogP contribution in [0.1, 0.15) is 32.2 Å². The van der Waals surface area contributed by atoms with Gasteiger partial charge in [0.2, 0.25) is 0 Å². The highest BCUT2D eigenvalue weighted by atomic mass is 32.1. The molecule has 0 aliphatic heterocycles. The van der Waals surface area contributed by atoms with Gasteiger partial charge in [-0.05, 0) is 45.4 Å².